The third-order valence-corrected chi connectivity index (χ3v) is 4.49. The summed E-state index contributed by atoms with van der Waals surface area (Å²) in [6.45, 7) is 4.66. The zero-order valence-corrected chi connectivity index (χ0v) is 12.7. The third kappa shape index (κ3) is 4.02. The number of alkyl halides is 1. The Morgan fingerprint density at radius 2 is 2.00 bits per heavy atom. The van der Waals surface area contributed by atoms with E-state index in [1.54, 1.807) is 0 Å². The summed E-state index contributed by atoms with van der Waals surface area (Å²) in [6.07, 6.45) is 1.81. The number of nitrogens with one attached hydrogen (secondary N) is 1. The van der Waals surface area contributed by atoms with Crippen LogP contribution in [0.25, 0.3) is 0 Å². The molecule has 0 saturated carbocycles. The van der Waals surface area contributed by atoms with E-state index in [0.29, 0.717) is 18.0 Å². The summed E-state index contributed by atoms with van der Waals surface area (Å²) in [7, 11) is 0. The number of aromatic hydroxyl groups is 1. The second-order valence-corrected chi connectivity index (χ2v) is 5.36. The largest absolute Gasteiger partial charge is 0.506 e. The molecule has 0 heterocycles. The Bertz CT molecular complexity index is 437. The SMILES string of the molecule is CCC(CC)(CCl)CNC(=O)c1ccc(O)c(Cl)c1. The van der Waals surface area contributed by atoms with E-state index in [4.69, 9.17) is 23.2 Å². The van der Waals surface area contributed by atoms with Gasteiger partial charge in [-0.05, 0) is 31.0 Å². The van der Waals surface area contributed by atoms with Crippen molar-refractivity contribution in [1.82, 2.24) is 5.32 Å². The van der Waals surface area contributed by atoms with Gasteiger partial charge in [-0.3, -0.25) is 4.79 Å². The molecule has 1 amide bonds. The molecule has 0 aliphatic heterocycles. The number of rotatable bonds is 6. The van der Waals surface area contributed by atoms with E-state index in [1.165, 1.54) is 18.2 Å². The molecular formula is C14H19Cl2NO2. The quantitative estimate of drug-likeness (QED) is 0.785. The highest BCUT2D eigenvalue weighted by Gasteiger charge is 2.25. The first-order valence-electron chi connectivity index (χ1n) is 6.30. The number of carbonyl (C=O) groups is 1. The van der Waals surface area contributed by atoms with Crippen LogP contribution in [0.15, 0.2) is 18.2 Å². The summed E-state index contributed by atoms with van der Waals surface area (Å²) in [5.41, 5.74) is 0.358. The van der Waals surface area contributed by atoms with Crippen molar-refractivity contribution in [3.8, 4) is 5.75 Å². The van der Waals surface area contributed by atoms with Crippen molar-refractivity contribution in [1.29, 1.82) is 0 Å². The number of phenols is 1. The van der Waals surface area contributed by atoms with Gasteiger partial charge in [0.2, 0.25) is 0 Å². The van der Waals surface area contributed by atoms with E-state index >= 15 is 0 Å². The lowest BCUT2D eigenvalue weighted by Gasteiger charge is -2.29. The molecule has 0 aliphatic carbocycles. The van der Waals surface area contributed by atoms with E-state index in [1.807, 2.05) is 0 Å². The molecule has 0 radical (unpaired) electrons. The van der Waals surface area contributed by atoms with Crippen LogP contribution in [0.2, 0.25) is 5.02 Å². The van der Waals surface area contributed by atoms with Crippen LogP contribution in [0.1, 0.15) is 37.0 Å². The maximum Gasteiger partial charge on any atom is 0.251 e. The average Bonchev–Trinajstić information content (AvgIpc) is 2.43. The van der Waals surface area contributed by atoms with Crippen LogP contribution in [0, 0.1) is 5.41 Å². The van der Waals surface area contributed by atoms with Gasteiger partial charge in [-0.15, -0.1) is 11.6 Å². The standard InChI is InChI=1S/C14H19Cl2NO2/c1-3-14(4-2,8-15)9-17-13(19)10-5-6-12(18)11(16)7-10/h5-7,18H,3-4,8-9H2,1-2H3,(H,17,19). The second-order valence-electron chi connectivity index (χ2n) is 4.69. The number of amides is 1. The highest BCUT2D eigenvalue weighted by molar-refractivity contribution is 6.32. The molecule has 0 fully saturated rings. The molecular weight excluding hydrogens is 285 g/mol. The highest BCUT2D eigenvalue weighted by atomic mass is 35.5. The van der Waals surface area contributed by atoms with Gasteiger partial charge in [0.25, 0.3) is 5.91 Å². The van der Waals surface area contributed by atoms with E-state index in [9.17, 15) is 9.90 Å². The van der Waals surface area contributed by atoms with Crippen molar-refractivity contribution in [2.75, 3.05) is 12.4 Å². The summed E-state index contributed by atoms with van der Waals surface area (Å²) in [4.78, 5) is 12.0. The zero-order chi connectivity index (χ0) is 14.5. The maximum atomic E-state index is 12.0. The predicted molar refractivity (Wildman–Crippen MR) is 79.2 cm³/mol. The van der Waals surface area contributed by atoms with Crippen LogP contribution in [0.3, 0.4) is 0 Å². The van der Waals surface area contributed by atoms with Crippen LogP contribution in [-0.4, -0.2) is 23.4 Å². The summed E-state index contributed by atoms with van der Waals surface area (Å²) in [5, 5.41) is 12.4. The number of benzene rings is 1. The minimum atomic E-state index is -0.210. The van der Waals surface area contributed by atoms with Gasteiger partial charge >= 0.3 is 0 Å². The highest BCUT2D eigenvalue weighted by Crippen LogP contribution is 2.27. The van der Waals surface area contributed by atoms with E-state index < -0.39 is 0 Å². The van der Waals surface area contributed by atoms with Gasteiger partial charge in [0, 0.05) is 23.4 Å². The van der Waals surface area contributed by atoms with Crippen molar-refractivity contribution >= 4 is 29.1 Å². The topological polar surface area (TPSA) is 49.3 Å². The van der Waals surface area contributed by atoms with Gasteiger partial charge in [-0.25, -0.2) is 0 Å². The molecule has 1 aromatic rings. The van der Waals surface area contributed by atoms with Crippen molar-refractivity contribution < 1.29 is 9.90 Å². The first-order chi connectivity index (χ1) is 8.98. The fraction of sp³-hybridized carbons (Fsp3) is 0.500. The summed E-state index contributed by atoms with van der Waals surface area (Å²) in [5.74, 6) is 0.269. The minimum absolute atomic E-state index is 0.0320. The van der Waals surface area contributed by atoms with E-state index in [2.05, 4.69) is 19.2 Å². The summed E-state index contributed by atoms with van der Waals surface area (Å²) < 4.78 is 0. The molecule has 19 heavy (non-hydrogen) atoms. The lowest BCUT2D eigenvalue weighted by Crippen LogP contribution is -2.38. The summed E-state index contributed by atoms with van der Waals surface area (Å²) >= 11 is 11.8. The Hall–Kier alpha value is -0.930. The second kappa shape index (κ2) is 7.01. The first-order valence-corrected chi connectivity index (χ1v) is 7.22. The molecule has 0 spiro atoms. The normalized spacial score (nSPS) is 11.4. The number of carbonyl (C=O) groups excluding carboxylic acids is 1. The first kappa shape index (κ1) is 16.1. The molecule has 1 aromatic carbocycles. The lowest BCUT2D eigenvalue weighted by atomic mass is 9.84. The average molecular weight is 304 g/mol. The molecule has 106 valence electrons. The summed E-state index contributed by atoms with van der Waals surface area (Å²) in [6, 6.07) is 4.40. The minimum Gasteiger partial charge on any atom is -0.506 e. The van der Waals surface area contributed by atoms with E-state index in [-0.39, 0.29) is 22.1 Å². The van der Waals surface area contributed by atoms with Crippen LogP contribution in [0.4, 0.5) is 0 Å². The molecule has 1 rings (SSSR count). The molecule has 0 unspecified atom stereocenters. The molecule has 3 nitrogen and oxygen atoms in total. The van der Waals surface area contributed by atoms with Crippen LogP contribution in [0.5, 0.6) is 5.75 Å². The van der Waals surface area contributed by atoms with Crippen molar-refractivity contribution in [3.63, 3.8) is 0 Å². The van der Waals surface area contributed by atoms with Gasteiger partial charge in [-0.2, -0.15) is 0 Å². The number of halogens is 2. The molecule has 5 heteroatoms. The van der Waals surface area contributed by atoms with Crippen LogP contribution < -0.4 is 5.32 Å². The fourth-order valence-corrected chi connectivity index (χ4v) is 2.41. The Balaban J connectivity index is 2.72. The van der Waals surface area contributed by atoms with Crippen molar-refractivity contribution in [2.45, 2.75) is 26.7 Å². The van der Waals surface area contributed by atoms with Gasteiger partial charge < -0.3 is 10.4 Å². The third-order valence-electron chi connectivity index (χ3n) is 3.62. The predicted octanol–water partition coefficient (Wildman–Crippen LogP) is 3.82. The zero-order valence-electron chi connectivity index (χ0n) is 11.2. The van der Waals surface area contributed by atoms with Gasteiger partial charge in [0.15, 0.2) is 0 Å². The van der Waals surface area contributed by atoms with Crippen LogP contribution in [-0.2, 0) is 0 Å². The lowest BCUT2D eigenvalue weighted by molar-refractivity contribution is 0.0932. The Morgan fingerprint density at radius 3 is 2.47 bits per heavy atom. The molecule has 0 aliphatic rings. The molecule has 0 bridgehead atoms. The van der Waals surface area contributed by atoms with E-state index in [0.717, 1.165) is 12.8 Å². The van der Waals surface area contributed by atoms with Crippen molar-refractivity contribution in [3.05, 3.63) is 28.8 Å². The van der Waals surface area contributed by atoms with Gasteiger partial charge in [0.1, 0.15) is 5.75 Å². The molecule has 0 atom stereocenters. The Kier molecular flexibility index (Phi) is 5.95. The molecule has 0 saturated heterocycles. The number of phenolic OH excluding ortho intramolecular Hbond substituents is 1. The van der Waals surface area contributed by atoms with Gasteiger partial charge in [0.05, 0.1) is 5.02 Å². The van der Waals surface area contributed by atoms with Crippen LogP contribution >= 0.6 is 23.2 Å². The maximum absolute atomic E-state index is 12.0. The number of hydrogen-bond donors (Lipinski definition) is 2. The Morgan fingerprint density at radius 1 is 1.37 bits per heavy atom. The molecule has 2 N–H and O–H groups in total. The van der Waals surface area contributed by atoms with Gasteiger partial charge in [-0.1, -0.05) is 25.4 Å². The van der Waals surface area contributed by atoms with Crippen molar-refractivity contribution in [2.24, 2.45) is 5.41 Å². The molecule has 0 aromatic heterocycles. The monoisotopic (exact) mass is 303 g/mol. The number of hydrogen-bond acceptors (Lipinski definition) is 2. The fourth-order valence-electron chi connectivity index (χ4n) is 1.75. The Labute approximate surface area is 123 Å². The smallest absolute Gasteiger partial charge is 0.251 e.